The first-order valence-corrected chi connectivity index (χ1v) is 4.95. The number of benzene rings is 1. The van der Waals surface area contributed by atoms with Gasteiger partial charge < -0.3 is 10.6 Å². The van der Waals surface area contributed by atoms with E-state index in [9.17, 15) is 8.78 Å². The molecule has 0 radical (unpaired) electrons. The molecule has 5 heteroatoms. The molecule has 1 rings (SSSR count). The highest BCUT2D eigenvalue weighted by molar-refractivity contribution is 5.76. The van der Waals surface area contributed by atoms with Crippen LogP contribution in [0.15, 0.2) is 18.2 Å². The number of nitrogens with two attached hydrogens (primary N) is 1. The maximum atomic E-state index is 13.3. The van der Waals surface area contributed by atoms with E-state index in [0.717, 1.165) is 0 Å². The van der Waals surface area contributed by atoms with Gasteiger partial charge in [0.1, 0.15) is 11.6 Å². The molecule has 0 unspecified atom stereocenters. The van der Waals surface area contributed by atoms with Crippen molar-refractivity contribution >= 4 is 5.84 Å². The molecule has 1 aromatic rings. The fraction of sp³-hybridized carbons (Fsp3) is 0.364. The standard InChI is InChI=1S/C11H15F2N3/c1-16(6-5-11(14)15)7-8-9(12)3-2-4-10(8)13/h2-4H,5-7H2,1H3,(H3,14,15). The van der Waals surface area contributed by atoms with E-state index in [-0.39, 0.29) is 17.9 Å². The number of hydrogen-bond donors (Lipinski definition) is 2. The Kier molecular flexibility index (Phi) is 4.37. The number of nitrogens with zero attached hydrogens (tertiary/aromatic N) is 1. The van der Waals surface area contributed by atoms with E-state index in [1.165, 1.54) is 18.2 Å². The lowest BCUT2D eigenvalue weighted by atomic mass is 10.2. The predicted octanol–water partition coefficient (Wildman–Crippen LogP) is 1.72. The van der Waals surface area contributed by atoms with Gasteiger partial charge in [0.15, 0.2) is 0 Å². The lowest BCUT2D eigenvalue weighted by Crippen LogP contribution is -2.24. The van der Waals surface area contributed by atoms with Gasteiger partial charge in [-0.3, -0.25) is 5.41 Å². The van der Waals surface area contributed by atoms with Crippen LogP contribution in [0, 0.1) is 17.0 Å². The Labute approximate surface area is 93.4 Å². The molecule has 0 fully saturated rings. The van der Waals surface area contributed by atoms with Crippen LogP contribution in [0.4, 0.5) is 8.78 Å². The van der Waals surface area contributed by atoms with Crippen LogP contribution in [0.25, 0.3) is 0 Å². The van der Waals surface area contributed by atoms with Gasteiger partial charge in [-0.15, -0.1) is 0 Å². The summed E-state index contributed by atoms with van der Waals surface area (Å²) in [6, 6.07) is 3.80. The third-order valence-electron chi connectivity index (χ3n) is 2.25. The first kappa shape index (κ1) is 12.6. The summed E-state index contributed by atoms with van der Waals surface area (Å²) in [6.45, 7) is 0.675. The SMILES string of the molecule is CN(CCC(=N)N)Cc1c(F)cccc1F. The van der Waals surface area contributed by atoms with Crippen LogP contribution < -0.4 is 5.73 Å². The van der Waals surface area contributed by atoms with E-state index < -0.39 is 11.6 Å². The van der Waals surface area contributed by atoms with Crippen LogP contribution >= 0.6 is 0 Å². The lowest BCUT2D eigenvalue weighted by Gasteiger charge is -2.16. The van der Waals surface area contributed by atoms with Gasteiger partial charge in [0.25, 0.3) is 0 Å². The fourth-order valence-electron chi connectivity index (χ4n) is 1.34. The molecular weight excluding hydrogens is 212 g/mol. The van der Waals surface area contributed by atoms with Crippen LogP contribution in [0.1, 0.15) is 12.0 Å². The van der Waals surface area contributed by atoms with E-state index in [1.54, 1.807) is 11.9 Å². The fourth-order valence-corrected chi connectivity index (χ4v) is 1.34. The van der Waals surface area contributed by atoms with Crippen molar-refractivity contribution < 1.29 is 8.78 Å². The molecule has 0 heterocycles. The van der Waals surface area contributed by atoms with Gasteiger partial charge in [0, 0.05) is 25.1 Å². The topological polar surface area (TPSA) is 53.1 Å². The van der Waals surface area contributed by atoms with Gasteiger partial charge in [0.2, 0.25) is 0 Å². The number of halogens is 2. The maximum Gasteiger partial charge on any atom is 0.130 e. The summed E-state index contributed by atoms with van der Waals surface area (Å²) in [5.41, 5.74) is 5.25. The molecule has 3 N–H and O–H groups in total. The first-order valence-electron chi connectivity index (χ1n) is 4.95. The number of nitrogens with one attached hydrogen (secondary N) is 1. The van der Waals surface area contributed by atoms with E-state index in [2.05, 4.69) is 0 Å². The highest BCUT2D eigenvalue weighted by Crippen LogP contribution is 2.13. The third-order valence-corrected chi connectivity index (χ3v) is 2.25. The van der Waals surface area contributed by atoms with Crippen LogP contribution in [-0.4, -0.2) is 24.3 Å². The number of hydrogen-bond acceptors (Lipinski definition) is 2. The average Bonchev–Trinajstić information content (AvgIpc) is 2.21. The molecular formula is C11H15F2N3. The van der Waals surface area contributed by atoms with E-state index in [4.69, 9.17) is 11.1 Å². The Morgan fingerprint density at radius 3 is 2.44 bits per heavy atom. The van der Waals surface area contributed by atoms with Crippen molar-refractivity contribution in [1.82, 2.24) is 4.90 Å². The summed E-state index contributed by atoms with van der Waals surface area (Å²) in [4.78, 5) is 1.73. The normalized spacial score (nSPS) is 10.8. The van der Waals surface area contributed by atoms with Crippen LogP contribution in [0.2, 0.25) is 0 Å². The summed E-state index contributed by atoms with van der Waals surface area (Å²) in [7, 11) is 1.73. The summed E-state index contributed by atoms with van der Waals surface area (Å²) in [5.74, 6) is -1.02. The van der Waals surface area contributed by atoms with E-state index in [0.29, 0.717) is 13.0 Å². The summed E-state index contributed by atoms with van der Waals surface area (Å²) < 4.78 is 26.6. The van der Waals surface area contributed by atoms with Gasteiger partial charge in [-0.05, 0) is 19.2 Å². The molecule has 0 aliphatic heterocycles. The van der Waals surface area contributed by atoms with Crippen molar-refractivity contribution in [2.75, 3.05) is 13.6 Å². The Hall–Kier alpha value is -1.49. The first-order chi connectivity index (χ1) is 7.50. The minimum atomic E-state index is -0.547. The minimum absolute atomic E-state index is 0.0496. The van der Waals surface area contributed by atoms with Gasteiger partial charge in [-0.1, -0.05) is 6.07 Å². The van der Waals surface area contributed by atoms with Gasteiger partial charge >= 0.3 is 0 Å². The molecule has 0 amide bonds. The second kappa shape index (κ2) is 5.55. The second-order valence-corrected chi connectivity index (χ2v) is 3.71. The molecule has 1 aromatic carbocycles. The van der Waals surface area contributed by atoms with Crippen LogP contribution in [0.5, 0.6) is 0 Å². The molecule has 0 saturated heterocycles. The largest absolute Gasteiger partial charge is 0.388 e. The van der Waals surface area contributed by atoms with Crippen molar-refractivity contribution in [3.05, 3.63) is 35.4 Å². The highest BCUT2D eigenvalue weighted by atomic mass is 19.1. The van der Waals surface area contributed by atoms with Crippen molar-refractivity contribution in [2.24, 2.45) is 5.73 Å². The lowest BCUT2D eigenvalue weighted by molar-refractivity contribution is 0.323. The van der Waals surface area contributed by atoms with Gasteiger partial charge in [-0.2, -0.15) is 0 Å². The Morgan fingerprint density at radius 2 is 1.94 bits per heavy atom. The molecule has 88 valence electrons. The molecule has 0 saturated carbocycles. The second-order valence-electron chi connectivity index (χ2n) is 3.71. The molecule has 0 aliphatic carbocycles. The van der Waals surface area contributed by atoms with E-state index in [1.807, 2.05) is 0 Å². The summed E-state index contributed by atoms with van der Waals surface area (Å²) in [6.07, 6.45) is 0.395. The number of amidine groups is 1. The zero-order valence-electron chi connectivity index (χ0n) is 9.13. The maximum absolute atomic E-state index is 13.3. The molecule has 3 nitrogen and oxygen atoms in total. The summed E-state index contributed by atoms with van der Waals surface area (Å²) >= 11 is 0. The zero-order chi connectivity index (χ0) is 12.1. The quantitative estimate of drug-likeness (QED) is 0.594. The molecule has 0 bridgehead atoms. The highest BCUT2D eigenvalue weighted by Gasteiger charge is 2.10. The van der Waals surface area contributed by atoms with Crippen molar-refractivity contribution in [3.63, 3.8) is 0 Å². The number of rotatable bonds is 5. The Bertz CT molecular complexity index is 359. The summed E-state index contributed by atoms with van der Waals surface area (Å²) in [5, 5.41) is 7.05. The molecule has 0 aromatic heterocycles. The molecule has 0 spiro atoms. The van der Waals surface area contributed by atoms with Crippen molar-refractivity contribution in [1.29, 1.82) is 5.41 Å². The predicted molar refractivity (Wildman–Crippen MR) is 59.2 cm³/mol. The molecule has 16 heavy (non-hydrogen) atoms. The van der Waals surface area contributed by atoms with Crippen molar-refractivity contribution in [3.8, 4) is 0 Å². The monoisotopic (exact) mass is 227 g/mol. The van der Waals surface area contributed by atoms with Crippen LogP contribution in [-0.2, 0) is 6.54 Å². The smallest absolute Gasteiger partial charge is 0.130 e. The molecule has 0 aliphatic rings. The average molecular weight is 227 g/mol. The third kappa shape index (κ3) is 3.58. The van der Waals surface area contributed by atoms with Crippen LogP contribution in [0.3, 0.4) is 0 Å². The minimum Gasteiger partial charge on any atom is -0.388 e. The zero-order valence-corrected chi connectivity index (χ0v) is 9.13. The Balaban J connectivity index is 2.62. The van der Waals surface area contributed by atoms with Gasteiger partial charge in [0.05, 0.1) is 5.84 Å². The van der Waals surface area contributed by atoms with Crippen molar-refractivity contribution in [2.45, 2.75) is 13.0 Å². The molecule has 0 atom stereocenters. The van der Waals surface area contributed by atoms with E-state index >= 15 is 0 Å². The van der Waals surface area contributed by atoms with Gasteiger partial charge in [-0.25, -0.2) is 8.78 Å². The Morgan fingerprint density at radius 1 is 1.38 bits per heavy atom.